The summed E-state index contributed by atoms with van der Waals surface area (Å²) < 4.78 is 5.53. The van der Waals surface area contributed by atoms with Crippen molar-refractivity contribution in [3.8, 4) is 0 Å². The molecule has 0 saturated carbocycles. The standard InChI is InChI=1S/C11H17N3O/c1-2-4-13-9(3-1)10-7-15-11(14-10)8-5-12-6-8/h7-9,12-13H,1-6H2. The van der Waals surface area contributed by atoms with Crippen molar-refractivity contribution >= 4 is 0 Å². The fraction of sp³-hybridized carbons (Fsp3) is 0.727. The van der Waals surface area contributed by atoms with Crippen LogP contribution in [-0.2, 0) is 0 Å². The van der Waals surface area contributed by atoms with Gasteiger partial charge in [0.05, 0.1) is 17.7 Å². The third-order valence-electron chi connectivity index (χ3n) is 3.34. The normalized spacial score (nSPS) is 27.6. The van der Waals surface area contributed by atoms with E-state index in [1.807, 2.05) is 6.26 Å². The smallest absolute Gasteiger partial charge is 0.199 e. The van der Waals surface area contributed by atoms with E-state index in [4.69, 9.17) is 4.42 Å². The largest absolute Gasteiger partial charge is 0.448 e. The average Bonchev–Trinajstić information content (AvgIpc) is 2.66. The highest BCUT2D eigenvalue weighted by atomic mass is 16.3. The van der Waals surface area contributed by atoms with Gasteiger partial charge in [-0.2, -0.15) is 0 Å². The molecule has 1 atom stereocenters. The molecule has 2 fully saturated rings. The van der Waals surface area contributed by atoms with Crippen LogP contribution in [0.25, 0.3) is 0 Å². The Bertz CT molecular complexity index is 326. The molecule has 15 heavy (non-hydrogen) atoms. The highest BCUT2D eigenvalue weighted by Crippen LogP contribution is 2.25. The molecule has 1 unspecified atom stereocenters. The summed E-state index contributed by atoms with van der Waals surface area (Å²) in [5.74, 6) is 1.42. The lowest BCUT2D eigenvalue weighted by Crippen LogP contribution is -2.40. The molecule has 82 valence electrons. The second-order valence-corrected chi connectivity index (χ2v) is 4.47. The third-order valence-corrected chi connectivity index (χ3v) is 3.34. The molecule has 1 aromatic rings. The summed E-state index contributed by atoms with van der Waals surface area (Å²) in [5.41, 5.74) is 1.09. The third kappa shape index (κ3) is 1.79. The predicted molar refractivity (Wildman–Crippen MR) is 56.7 cm³/mol. The lowest BCUT2D eigenvalue weighted by molar-refractivity contribution is 0.357. The molecule has 3 heterocycles. The Morgan fingerprint density at radius 2 is 2.27 bits per heavy atom. The molecule has 0 bridgehead atoms. The average molecular weight is 207 g/mol. The van der Waals surface area contributed by atoms with Gasteiger partial charge < -0.3 is 15.1 Å². The van der Waals surface area contributed by atoms with Gasteiger partial charge in [-0.3, -0.25) is 0 Å². The Balaban J connectivity index is 1.71. The van der Waals surface area contributed by atoms with Crippen molar-refractivity contribution in [3.63, 3.8) is 0 Å². The first-order chi connectivity index (χ1) is 7.43. The van der Waals surface area contributed by atoms with E-state index in [0.717, 1.165) is 31.2 Å². The van der Waals surface area contributed by atoms with Crippen molar-refractivity contribution in [1.82, 2.24) is 15.6 Å². The first kappa shape index (κ1) is 9.36. The Labute approximate surface area is 89.5 Å². The lowest BCUT2D eigenvalue weighted by atomic mass is 10.0. The molecule has 2 aliphatic heterocycles. The fourth-order valence-electron chi connectivity index (χ4n) is 2.22. The summed E-state index contributed by atoms with van der Waals surface area (Å²) in [6, 6.07) is 0.421. The maximum atomic E-state index is 5.53. The minimum atomic E-state index is 0.421. The van der Waals surface area contributed by atoms with Crippen molar-refractivity contribution in [1.29, 1.82) is 0 Å². The maximum Gasteiger partial charge on any atom is 0.199 e. The maximum absolute atomic E-state index is 5.53. The number of nitrogens with one attached hydrogen (secondary N) is 2. The lowest BCUT2D eigenvalue weighted by Gasteiger charge is -2.24. The molecule has 0 amide bonds. The van der Waals surface area contributed by atoms with Crippen LogP contribution in [0.5, 0.6) is 0 Å². The molecule has 2 aliphatic rings. The second-order valence-electron chi connectivity index (χ2n) is 4.47. The zero-order valence-corrected chi connectivity index (χ0v) is 8.83. The van der Waals surface area contributed by atoms with Crippen LogP contribution in [0.15, 0.2) is 10.7 Å². The Morgan fingerprint density at radius 1 is 1.33 bits per heavy atom. The molecule has 2 N–H and O–H groups in total. The molecule has 2 saturated heterocycles. The predicted octanol–water partition coefficient (Wildman–Crippen LogP) is 1.18. The molecule has 4 heteroatoms. The number of hydrogen-bond acceptors (Lipinski definition) is 4. The zero-order valence-electron chi connectivity index (χ0n) is 8.83. The summed E-state index contributed by atoms with van der Waals surface area (Å²) >= 11 is 0. The van der Waals surface area contributed by atoms with Gasteiger partial charge in [-0.25, -0.2) is 4.98 Å². The number of nitrogens with zero attached hydrogens (tertiary/aromatic N) is 1. The molecule has 3 rings (SSSR count). The number of piperidine rings is 1. The summed E-state index contributed by atoms with van der Waals surface area (Å²) in [5, 5.41) is 6.72. The van der Waals surface area contributed by atoms with Crippen molar-refractivity contribution in [2.45, 2.75) is 31.2 Å². The van der Waals surface area contributed by atoms with E-state index in [2.05, 4.69) is 15.6 Å². The van der Waals surface area contributed by atoms with Crippen LogP contribution in [0, 0.1) is 0 Å². The van der Waals surface area contributed by atoms with Gasteiger partial charge in [0.2, 0.25) is 0 Å². The van der Waals surface area contributed by atoms with Crippen LogP contribution in [0.2, 0.25) is 0 Å². The number of aromatic nitrogens is 1. The van der Waals surface area contributed by atoms with Gasteiger partial charge in [0.1, 0.15) is 6.26 Å². The first-order valence-electron chi connectivity index (χ1n) is 5.83. The van der Waals surface area contributed by atoms with Crippen LogP contribution in [0.1, 0.15) is 42.8 Å². The van der Waals surface area contributed by atoms with Crippen molar-refractivity contribution in [2.24, 2.45) is 0 Å². The van der Waals surface area contributed by atoms with E-state index in [-0.39, 0.29) is 0 Å². The Kier molecular flexibility index (Phi) is 2.46. The summed E-state index contributed by atoms with van der Waals surface area (Å²) in [4.78, 5) is 4.59. The van der Waals surface area contributed by atoms with Gasteiger partial charge in [-0.15, -0.1) is 0 Å². The molecule has 0 spiro atoms. The van der Waals surface area contributed by atoms with Gasteiger partial charge in [0.15, 0.2) is 5.89 Å². The topological polar surface area (TPSA) is 50.1 Å². The summed E-state index contributed by atoms with van der Waals surface area (Å²) in [7, 11) is 0. The molecule has 1 aromatic heterocycles. The Morgan fingerprint density at radius 3 is 2.93 bits per heavy atom. The van der Waals surface area contributed by atoms with Crippen molar-refractivity contribution < 1.29 is 4.42 Å². The highest BCUT2D eigenvalue weighted by Gasteiger charge is 2.26. The van der Waals surface area contributed by atoms with Gasteiger partial charge in [-0.1, -0.05) is 6.42 Å². The summed E-state index contributed by atoms with van der Waals surface area (Å²) in [6.07, 6.45) is 5.60. The van der Waals surface area contributed by atoms with E-state index in [9.17, 15) is 0 Å². The molecule has 0 aromatic carbocycles. The van der Waals surface area contributed by atoms with E-state index in [0.29, 0.717) is 12.0 Å². The second kappa shape index (κ2) is 3.94. The molecule has 0 aliphatic carbocycles. The Hall–Kier alpha value is -0.870. The first-order valence-corrected chi connectivity index (χ1v) is 5.83. The minimum Gasteiger partial charge on any atom is -0.448 e. The van der Waals surface area contributed by atoms with Gasteiger partial charge >= 0.3 is 0 Å². The zero-order chi connectivity index (χ0) is 10.1. The molecular weight excluding hydrogens is 190 g/mol. The van der Waals surface area contributed by atoms with E-state index >= 15 is 0 Å². The van der Waals surface area contributed by atoms with Crippen molar-refractivity contribution in [3.05, 3.63) is 17.8 Å². The quantitative estimate of drug-likeness (QED) is 0.764. The van der Waals surface area contributed by atoms with Crippen LogP contribution >= 0.6 is 0 Å². The monoisotopic (exact) mass is 207 g/mol. The van der Waals surface area contributed by atoms with Crippen LogP contribution in [0.4, 0.5) is 0 Å². The van der Waals surface area contributed by atoms with Gasteiger partial charge in [0, 0.05) is 13.1 Å². The van der Waals surface area contributed by atoms with Crippen LogP contribution < -0.4 is 10.6 Å². The van der Waals surface area contributed by atoms with Crippen molar-refractivity contribution in [2.75, 3.05) is 19.6 Å². The molecule has 0 radical (unpaired) electrons. The molecule has 4 nitrogen and oxygen atoms in total. The SMILES string of the molecule is c1oc(C2CNC2)nc1C1CCCCN1. The van der Waals surface area contributed by atoms with E-state index in [1.165, 1.54) is 19.3 Å². The van der Waals surface area contributed by atoms with Crippen LogP contribution in [0.3, 0.4) is 0 Å². The van der Waals surface area contributed by atoms with Gasteiger partial charge in [0.25, 0.3) is 0 Å². The minimum absolute atomic E-state index is 0.421. The van der Waals surface area contributed by atoms with E-state index in [1.54, 1.807) is 0 Å². The molecular formula is C11H17N3O. The number of hydrogen-bond donors (Lipinski definition) is 2. The highest BCUT2D eigenvalue weighted by molar-refractivity contribution is 5.09. The number of rotatable bonds is 2. The number of oxazole rings is 1. The van der Waals surface area contributed by atoms with Gasteiger partial charge in [-0.05, 0) is 19.4 Å². The summed E-state index contributed by atoms with van der Waals surface area (Å²) in [6.45, 7) is 3.13. The van der Waals surface area contributed by atoms with Crippen LogP contribution in [-0.4, -0.2) is 24.6 Å². The van der Waals surface area contributed by atoms with E-state index < -0.39 is 0 Å². The fourth-order valence-corrected chi connectivity index (χ4v) is 2.22.